The van der Waals surface area contributed by atoms with Gasteiger partial charge in [-0.1, -0.05) is 39.7 Å². The molecule has 0 radical (unpaired) electrons. The molecule has 0 bridgehead atoms. The maximum absolute atomic E-state index is 12.5. The summed E-state index contributed by atoms with van der Waals surface area (Å²) >= 11 is 9.32. The first-order valence-electron chi connectivity index (χ1n) is 7.57. The minimum atomic E-state index is 0.0189. The molecule has 3 rings (SSSR count). The molecule has 1 atom stereocenters. The summed E-state index contributed by atoms with van der Waals surface area (Å²) in [5.41, 5.74) is 1.13. The van der Waals surface area contributed by atoms with Gasteiger partial charge in [-0.3, -0.25) is 4.79 Å². The number of nitrogens with zero attached hydrogens (tertiary/aromatic N) is 1. The van der Waals surface area contributed by atoms with Crippen molar-refractivity contribution in [2.45, 2.75) is 18.9 Å². The van der Waals surface area contributed by atoms with E-state index in [1.807, 2.05) is 53.4 Å². The molecule has 23 heavy (non-hydrogen) atoms. The molecule has 5 heteroatoms. The molecule has 120 valence electrons. The zero-order chi connectivity index (χ0) is 16.2. The minimum absolute atomic E-state index is 0.0189. The predicted molar refractivity (Wildman–Crippen MR) is 94.8 cm³/mol. The quantitative estimate of drug-likeness (QED) is 0.742. The largest absolute Gasteiger partial charge is 0.484 e. The monoisotopic (exact) mass is 393 g/mol. The average molecular weight is 395 g/mol. The van der Waals surface area contributed by atoms with Crippen LogP contribution >= 0.6 is 27.5 Å². The van der Waals surface area contributed by atoms with Gasteiger partial charge in [0.25, 0.3) is 5.91 Å². The molecule has 1 aliphatic rings. The Hall–Kier alpha value is -1.52. The third-order valence-electron chi connectivity index (χ3n) is 4.00. The second-order valence-corrected chi connectivity index (χ2v) is 6.89. The molecule has 2 aromatic carbocycles. The number of hydrogen-bond donors (Lipinski definition) is 0. The Morgan fingerprint density at radius 3 is 2.57 bits per heavy atom. The van der Waals surface area contributed by atoms with Crippen LogP contribution in [-0.4, -0.2) is 24.0 Å². The van der Waals surface area contributed by atoms with Crippen molar-refractivity contribution in [1.82, 2.24) is 4.90 Å². The summed E-state index contributed by atoms with van der Waals surface area (Å²) in [4.78, 5) is 14.4. The molecule has 1 amide bonds. The van der Waals surface area contributed by atoms with Crippen molar-refractivity contribution in [2.24, 2.45) is 0 Å². The number of likely N-dealkylation sites (tertiary alicyclic amines) is 1. The summed E-state index contributed by atoms with van der Waals surface area (Å²) in [5.74, 6) is 0.717. The van der Waals surface area contributed by atoms with E-state index < -0.39 is 0 Å². The van der Waals surface area contributed by atoms with Gasteiger partial charge in [-0.05, 0) is 54.8 Å². The van der Waals surface area contributed by atoms with E-state index in [1.165, 1.54) is 0 Å². The summed E-state index contributed by atoms with van der Waals surface area (Å²) in [6.45, 7) is 0.835. The summed E-state index contributed by atoms with van der Waals surface area (Å²) in [7, 11) is 0. The molecule has 1 aliphatic heterocycles. The second kappa shape index (κ2) is 7.37. The van der Waals surface area contributed by atoms with E-state index in [-0.39, 0.29) is 18.6 Å². The highest BCUT2D eigenvalue weighted by Crippen LogP contribution is 2.32. The summed E-state index contributed by atoms with van der Waals surface area (Å²) in [6.07, 6.45) is 1.99. The van der Waals surface area contributed by atoms with Gasteiger partial charge in [0, 0.05) is 16.0 Å². The Balaban J connectivity index is 1.63. The van der Waals surface area contributed by atoms with Crippen molar-refractivity contribution in [3.63, 3.8) is 0 Å². The summed E-state index contributed by atoms with van der Waals surface area (Å²) in [5, 5.41) is 0.711. The van der Waals surface area contributed by atoms with Crippen LogP contribution in [0.3, 0.4) is 0 Å². The van der Waals surface area contributed by atoms with Crippen LogP contribution < -0.4 is 4.74 Å². The van der Waals surface area contributed by atoms with Crippen LogP contribution in [-0.2, 0) is 4.79 Å². The Kier molecular flexibility index (Phi) is 5.23. The Morgan fingerprint density at radius 2 is 1.87 bits per heavy atom. The Morgan fingerprint density at radius 1 is 1.17 bits per heavy atom. The molecule has 3 nitrogen and oxygen atoms in total. The number of halogens is 2. The number of benzene rings is 2. The third-order valence-corrected chi connectivity index (χ3v) is 4.78. The number of hydrogen-bond acceptors (Lipinski definition) is 2. The molecule has 0 aliphatic carbocycles. The SMILES string of the molecule is O=C(COc1ccc(Br)cc1)N1CCCC1c1ccc(Cl)cc1. The van der Waals surface area contributed by atoms with Gasteiger partial charge in [-0.15, -0.1) is 0 Å². The lowest BCUT2D eigenvalue weighted by Gasteiger charge is -2.25. The van der Waals surface area contributed by atoms with Crippen LogP contribution in [0.5, 0.6) is 5.75 Å². The fourth-order valence-corrected chi connectivity index (χ4v) is 3.25. The lowest BCUT2D eigenvalue weighted by Crippen LogP contribution is -2.34. The second-order valence-electron chi connectivity index (χ2n) is 5.54. The van der Waals surface area contributed by atoms with Gasteiger partial charge in [0.05, 0.1) is 6.04 Å². The van der Waals surface area contributed by atoms with Crippen LogP contribution in [0.15, 0.2) is 53.0 Å². The number of rotatable bonds is 4. The summed E-state index contributed by atoms with van der Waals surface area (Å²) in [6, 6.07) is 15.3. The highest BCUT2D eigenvalue weighted by Gasteiger charge is 2.29. The van der Waals surface area contributed by atoms with Crippen molar-refractivity contribution in [2.75, 3.05) is 13.2 Å². The van der Waals surface area contributed by atoms with E-state index in [9.17, 15) is 4.79 Å². The molecular weight excluding hydrogens is 378 g/mol. The fraction of sp³-hybridized carbons (Fsp3) is 0.278. The first-order chi connectivity index (χ1) is 11.1. The maximum Gasteiger partial charge on any atom is 0.261 e. The van der Waals surface area contributed by atoms with E-state index >= 15 is 0 Å². The van der Waals surface area contributed by atoms with Crippen LogP contribution in [0.1, 0.15) is 24.4 Å². The van der Waals surface area contributed by atoms with Gasteiger partial charge in [-0.2, -0.15) is 0 Å². The Bertz CT molecular complexity index is 672. The molecule has 0 aromatic heterocycles. The molecule has 0 saturated carbocycles. The highest BCUT2D eigenvalue weighted by molar-refractivity contribution is 9.10. The molecule has 2 aromatic rings. The van der Waals surface area contributed by atoms with Crippen molar-refractivity contribution in [3.05, 3.63) is 63.6 Å². The van der Waals surface area contributed by atoms with Gasteiger partial charge in [0.1, 0.15) is 5.75 Å². The van der Waals surface area contributed by atoms with Gasteiger partial charge in [0.2, 0.25) is 0 Å². The molecule has 1 fully saturated rings. The van der Waals surface area contributed by atoms with Gasteiger partial charge in [0.15, 0.2) is 6.61 Å². The van der Waals surface area contributed by atoms with Gasteiger partial charge >= 0.3 is 0 Å². The number of carbonyl (C=O) groups excluding carboxylic acids is 1. The topological polar surface area (TPSA) is 29.5 Å². The van der Waals surface area contributed by atoms with Crippen LogP contribution in [0.2, 0.25) is 5.02 Å². The van der Waals surface area contributed by atoms with Gasteiger partial charge in [-0.25, -0.2) is 0 Å². The zero-order valence-corrected chi connectivity index (χ0v) is 14.9. The number of carbonyl (C=O) groups is 1. The molecule has 0 N–H and O–H groups in total. The zero-order valence-electron chi connectivity index (χ0n) is 12.5. The number of amides is 1. The third kappa shape index (κ3) is 4.06. The maximum atomic E-state index is 12.5. The smallest absolute Gasteiger partial charge is 0.261 e. The minimum Gasteiger partial charge on any atom is -0.484 e. The molecular formula is C18H17BrClNO2. The predicted octanol–water partition coefficient (Wildman–Crippen LogP) is 4.85. The molecule has 0 spiro atoms. The highest BCUT2D eigenvalue weighted by atomic mass is 79.9. The first kappa shape index (κ1) is 16.3. The van der Waals surface area contributed by atoms with E-state index in [1.54, 1.807) is 0 Å². The summed E-state index contributed by atoms with van der Waals surface area (Å²) < 4.78 is 6.59. The van der Waals surface area contributed by atoms with Crippen LogP contribution in [0.25, 0.3) is 0 Å². The van der Waals surface area contributed by atoms with E-state index in [2.05, 4.69) is 15.9 Å². The lowest BCUT2D eigenvalue weighted by atomic mass is 10.0. The average Bonchev–Trinajstić information content (AvgIpc) is 3.04. The van der Waals surface area contributed by atoms with Crippen molar-refractivity contribution in [3.8, 4) is 5.75 Å². The number of ether oxygens (including phenoxy) is 1. The van der Waals surface area contributed by atoms with E-state index in [0.29, 0.717) is 10.8 Å². The van der Waals surface area contributed by atoms with Crippen molar-refractivity contribution < 1.29 is 9.53 Å². The van der Waals surface area contributed by atoms with Crippen LogP contribution in [0, 0.1) is 0 Å². The van der Waals surface area contributed by atoms with E-state index in [0.717, 1.165) is 29.4 Å². The van der Waals surface area contributed by atoms with Crippen molar-refractivity contribution in [1.29, 1.82) is 0 Å². The normalized spacial score (nSPS) is 17.3. The fourth-order valence-electron chi connectivity index (χ4n) is 2.86. The molecule has 1 saturated heterocycles. The van der Waals surface area contributed by atoms with E-state index in [4.69, 9.17) is 16.3 Å². The first-order valence-corrected chi connectivity index (χ1v) is 8.74. The Labute approximate surface area is 149 Å². The molecule has 1 unspecified atom stereocenters. The van der Waals surface area contributed by atoms with Gasteiger partial charge < -0.3 is 9.64 Å². The molecule has 1 heterocycles. The standard InChI is InChI=1S/C18H17BrClNO2/c19-14-5-9-16(10-6-14)23-12-18(22)21-11-1-2-17(21)13-3-7-15(20)8-4-13/h3-10,17H,1-2,11-12H2. The van der Waals surface area contributed by atoms with Crippen LogP contribution in [0.4, 0.5) is 0 Å². The lowest BCUT2D eigenvalue weighted by molar-refractivity contribution is -0.134. The van der Waals surface area contributed by atoms with Crippen molar-refractivity contribution >= 4 is 33.4 Å².